The fraction of sp³-hybridized carbons (Fsp3) is 0.467. The van der Waals surface area contributed by atoms with E-state index in [1.165, 1.54) is 0 Å². The van der Waals surface area contributed by atoms with Gasteiger partial charge in [0.15, 0.2) is 0 Å². The van der Waals surface area contributed by atoms with Gasteiger partial charge in [0.05, 0.1) is 12.3 Å². The van der Waals surface area contributed by atoms with Crippen LogP contribution in [0.15, 0.2) is 24.3 Å². The lowest BCUT2D eigenvalue weighted by molar-refractivity contribution is -0.137. The zero-order valence-corrected chi connectivity index (χ0v) is 12.6. The first-order valence-electron chi connectivity index (χ1n) is 6.59. The summed E-state index contributed by atoms with van der Waals surface area (Å²) < 4.78 is 0. The zero-order valence-electron chi connectivity index (χ0n) is 11.9. The predicted octanol–water partition coefficient (Wildman–Crippen LogP) is 3.06. The van der Waals surface area contributed by atoms with Crippen LogP contribution in [0.25, 0.3) is 0 Å². The predicted molar refractivity (Wildman–Crippen MR) is 78.9 cm³/mol. The van der Waals surface area contributed by atoms with Crippen LogP contribution in [0.3, 0.4) is 0 Å². The highest BCUT2D eigenvalue weighted by atomic mass is 35.5. The molecule has 2 unspecified atom stereocenters. The van der Waals surface area contributed by atoms with Gasteiger partial charge in [0.25, 0.3) is 0 Å². The van der Waals surface area contributed by atoms with Crippen molar-refractivity contribution in [3.05, 3.63) is 34.9 Å². The van der Waals surface area contributed by atoms with Crippen LogP contribution in [0.5, 0.6) is 0 Å². The molecule has 4 nitrogen and oxygen atoms in total. The van der Waals surface area contributed by atoms with Crippen LogP contribution in [-0.4, -0.2) is 23.0 Å². The normalized spacial score (nSPS) is 13.8. The topological polar surface area (TPSA) is 66.4 Å². The highest BCUT2D eigenvalue weighted by Gasteiger charge is 2.25. The smallest absolute Gasteiger partial charge is 0.305 e. The van der Waals surface area contributed by atoms with Gasteiger partial charge in [-0.2, -0.15) is 0 Å². The number of aliphatic carboxylic acids is 1. The minimum absolute atomic E-state index is 0.0884. The molecule has 0 fully saturated rings. The van der Waals surface area contributed by atoms with Gasteiger partial charge in [-0.25, -0.2) is 0 Å². The monoisotopic (exact) mass is 297 g/mol. The van der Waals surface area contributed by atoms with Gasteiger partial charge >= 0.3 is 5.97 Å². The Morgan fingerprint density at radius 1 is 1.30 bits per heavy atom. The van der Waals surface area contributed by atoms with E-state index < -0.39 is 12.0 Å². The Morgan fingerprint density at radius 2 is 1.95 bits per heavy atom. The SMILES string of the molecule is CC(CC(=O)O)NC(=O)C(c1cccc(Cl)c1)C(C)C. The van der Waals surface area contributed by atoms with E-state index in [2.05, 4.69) is 5.32 Å². The number of halogens is 1. The minimum atomic E-state index is -0.929. The molecule has 5 heteroatoms. The van der Waals surface area contributed by atoms with Crippen molar-refractivity contribution in [2.45, 2.75) is 39.2 Å². The summed E-state index contributed by atoms with van der Waals surface area (Å²) in [5.74, 6) is -1.35. The molecular formula is C15H20ClNO3. The zero-order chi connectivity index (χ0) is 15.3. The van der Waals surface area contributed by atoms with E-state index in [0.29, 0.717) is 5.02 Å². The lowest BCUT2D eigenvalue weighted by atomic mass is 9.87. The maximum atomic E-state index is 12.3. The molecule has 1 rings (SSSR count). The van der Waals surface area contributed by atoms with Crippen LogP contribution in [0.1, 0.15) is 38.7 Å². The third-order valence-corrected chi connectivity index (χ3v) is 3.26. The Kier molecular flexibility index (Phi) is 6.02. The van der Waals surface area contributed by atoms with E-state index in [1.807, 2.05) is 19.9 Å². The first-order chi connectivity index (χ1) is 9.31. The number of amides is 1. The average Bonchev–Trinajstić information content (AvgIpc) is 2.26. The molecule has 110 valence electrons. The fourth-order valence-corrected chi connectivity index (χ4v) is 2.38. The van der Waals surface area contributed by atoms with Gasteiger partial charge in [0.1, 0.15) is 0 Å². The highest BCUT2D eigenvalue weighted by molar-refractivity contribution is 6.30. The van der Waals surface area contributed by atoms with E-state index in [9.17, 15) is 9.59 Å². The summed E-state index contributed by atoms with van der Waals surface area (Å²) in [6, 6.07) is 6.79. The highest BCUT2D eigenvalue weighted by Crippen LogP contribution is 2.27. The van der Waals surface area contributed by atoms with Gasteiger partial charge in [-0.15, -0.1) is 0 Å². The first-order valence-corrected chi connectivity index (χ1v) is 6.96. The Balaban J connectivity index is 2.86. The largest absolute Gasteiger partial charge is 0.481 e. The number of carboxylic acids is 1. The van der Waals surface area contributed by atoms with Gasteiger partial charge in [-0.05, 0) is 30.5 Å². The number of nitrogens with one attached hydrogen (secondary N) is 1. The van der Waals surface area contributed by atoms with Crippen LogP contribution in [-0.2, 0) is 9.59 Å². The summed E-state index contributed by atoms with van der Waals surface area (Å²) in [7, 11) is 0. The Hall–Kier alpha value is -1.55. The second kappa shape index (κ2) is 7.29. The maximum absolute atomic E-state index is 12.3. The van der Waals surface area contributed by atoms with Gasteiger partial charge in [0.2, 0.25) is 5.91 Å². The molecule has 0 spiro atoms. The van der Waals surface area contributed by atoms with Gasteiger partial charge in [0, 0.05) is 11.1 Å². The lowest BCUT2D eigenvalue weighted by Gasteiger charge is -2.23. The third-order valence-electron chi connectivity index (χ3n) is 3.03. The van der Waals surface area contributed by atoms with E-state index in [0.717, 1.165) is 5.56 Å². The number of carbonyl (C=O) groups is 2. The van der Waals surface area contributed by atoms with E-state index in [-0.39, 0.29) is 24.2 Å². The average molecular weight is 298 g/mol. The number of carboxylic acid groups (broad SMARTS) is 1. The molecule has 0 aliphatic rings. The van der Waals surface area contributed by atoms with Crippen LogP contribution < -0.4 is 5.32 Å². The molecule has 1 amide bonds. The Bertz CT molecular complexity index is 488. The molecule has 0 aliphatic heterocycles. The van der Waals surface area contributed by atoms with Crippen molar-refractivity contribution in [1.82, 2.24) is 5.32 Å². The standard InChI is InChI=1S/C15H20ClNO3/c1-9(2)14(11-5-4-6-12(16)8-11)15(20)17-10(3)7-13(18)19/h4-6,8-10,14H,7H2,1-3H3,(H,17,20)(H,18,19). The molecule has 0 aromatic heterocycles. The summed E-state index contributed by atoms with van der Waals surface area (Å²) in [6.07, 6.45) is -0.0912. The quantitative estimate of drug-likeness (QED) is 0.848. The number of carbonyl (C=O) groups excluding carboxylic acids is 1. The Labute approximate surface area is 124 Å². The van der Waals surface area contributed by atoms with Crippen LogP contribution in [0, 0.1) is 5.92 Å². The van der Waals surface area contributed by atoms with Gasteiger partial charge in [-0.3, -0.25) is 9.59 Å². The summed E-state index contributed by atoms with van der Waals surface area (Å²) in [5.41, 5.74) is 0.840. The summed E-state index contributed by atoms with van der Waals surface area (Å²) in [4.78, 5) is 23.0. The van der Waals surface area contributed by atoms with Crippen LogP contribution in [0.4, 0.5) is 0 Å². The summed E-state index contributed by atoms with van der Waals surface area (Å²) >= 11 is 5.96. The molecule has 0 radical (unpaired) electrons. The second-order valence-corrected chi connectivity index (χ2v) is 5.72. The molecule has 2 atom stereocenters. The van der Waals surface area contributed by atoms with Crippen molar-refractivity contribution in [3.8, 4) is 0 Å². The number of benzene rings is 1. The molecule has 0 aliphatic carbocycles. The van der Waals surface area contributed by atoms with Crippen molar-refractivity contribution in [2.75, 3.05) is 0 Å². The molecule has 1 aromatic carbocycles. The molecule has 0 saturated carbocycles. The molecule has 0 saturated heterocycles. The van der Waals surface area contributed by atoms with Crippen molar-refractivity contribution in [3.63, 3.8) is 0 Å². The van der Waals surface area contributed by atoms with Crippen LogP contribution >= 0.6 is 11.6 Å². The van der Waals surface area contributed by atoms with Crippen molar-refractivity contribution < 1.29 is 14.7 Å². The Morgan fingerprint density at radius 3 is 2.45 bits per heavy atom. The van der Waals surface area contributed by atoms with E-state index in [1.54, 1.807) is 25.1 Å². The number of hydrogen-bond donors (Lipinski definition) is 2. The molecule has 2 N–H and O–H groups in total. The molecule has 0 heterocycles. The van der Waals surface area contributed by atoms with Crippen molar-refractivity contribution in [1.29, 1.82) is 0 Å². The molecule has 20 heavy (non-hydrogen) atoms. The minimum Gasteiger partial charge on any atom is -0.481 e. The van der Waals surface area contributed by atoms with E-state index >= 15 is 0 Å². The summed E-state index contributed by atoms with van der Waals surface area (Å²) in [5, 5.41) is 12.1. The van der Waals surface area contributed by atoms with Crippen molar-refractivity contribution >= 4 is 23.5 Å². The van der Waals surface area contributed by atoms with E-state index in [4.69, 9.17) is 16.7 Å². The second-order valence-electron chi connectivity index (χ2n) is 5.28. The van der Waals surface area contributed by atoms with Gasteiger partial charge < -0.3 is 10.4 Å². The van der Waals surface area contributed by atoms with Crippen molar-refractivity contribution in [2.24, 2.45) is 5.92 Å². The third kappa shape index (κ3) is 4.85. The fourth-order valence-electron chi connectivity index (χ4n) is 2.18. The lowest BCUT2D eigenvalue weighted by Crippen LogP contribution is -2.39. The van der Waals surface area contributed by atoms with Crippen LogP contribution in [0.2, 0.25) is 5.02 Å². The van der Waals surface area contributed by atoms with Gasteiger partial charge in [-0.1, -0.05) is 37.6 Å². The number of hydrogen-bond acceptors (Lipinski definition) is 2. The summed E-state index contributed by atoms with van der Waals surface area (Å²) in [6.45, 7) is 5.58. The molecule has 0 bridgehead atoms. The molecule has 1 aromatic rings. The first kappa shape index (κ1) is 16.5. The maximum Gasteiger partial charge on any atom is 0.305 e. The number of rotatable bonds is 6. The molecular weight excluding hydrogens is 278 g/mol.